The topological polar surface area (TPSA) is 53.1 Å². The van der Waals surface area contributed by atoms with Crippen molar-refractivity contribution in [2.45, 2.75) is 33.1 Å². The van der Waals surface area contributed by atoms with Gasteiger partial charge in [0.1, 0.15) is 11.6 Å². The van der Waals surface area contributed by atoms with Gasteiger partial charge in [0.15, 0.2) is 0 Å². The number of rotatable bonds is 5. The van der Waals surface area contributed by atoms with E-state index in [9.17, 15) is 0 Å². The lowest BCUT2D eigenvalue weighted by atomic mass is 10.1. The molecule has 0 saturated carbocycles. The van der Waals surface area contributed by atoms with Crippen LogP contribution in [-0.2, 0) is 0 Å². The Hall–Kier alpha value is -3.08. The van der Waals surface area contributed by atoms with Gasteiger partial charge in [-0.3, -0.25) is 0 Å². The molecule has 2 heterocycles. The van der Waals surface area contributed by atoms with E-state index in [4.69, 9.17) is 9.97 Å². The fraction of sp³-hybridized carbons (Fsp3) is 0.304. The molecular formula is C23H27N5. The molecule has 1 saturated heterocycles. The maximum Gasteiger partial charge on any atom is 0.229 e. The normalized spacial score (nSPS) is 14.0. The molecule has 0 unspecified atom stereocenters. The third-order valence-corrected chi connectivity index (χ3v) is 5.06. The van der Waals surface area contributed by atoms with Gasteiger partial charge in [-0.25, -0.2) is 0 Å². The van der Waals surface area contributed by atoms with Crippen molar-refractivity contribution < 1.29 is 0 Å². The van der Waals surface area contributed by atoms with E-state index in [1.807, 2.05) is 36.4 Å². The predicted molar refractivity (Wildman–Crippen MR) is 117 cm³/mol. The first-order valence-corrected chi connectivity index (χ1v) is 9.98. The highest BCUT2D eigenvalue weighted by atomic mass is 15.3. The second-order valence-corrected chi connectivity index (χ2v) is 7.42. The number of nitrogens with one attached hydrogen (secondary N) is 2. The van der Waals surface area contributed by atoms with Crippen LogP contribution in [0.4, 0.5) is 29.0 Å². The number of benzene rings is 2. The molecule has 0 amide bonds. The minimum atomic E-state index is 0.786. The molecule has 0 bridgehead atoms. The summed E-state index contributed by atoms with van der Waals surface area (Å²) < 4.78 is 0. The highest BCUT2D eigenvalue weighted by Crippen LogP contribution is 2.26. The molecule has 4 rings (SSSR count). The van der Waals surface area contributed by atoms with E-state index in [2.05, 4.69) is 47.6 Å². The molecule has 1 aromatic heterocycles. The SMILES string of the molecule is Cc1ccc(C)c(Nc2cc(Nc3ccccc3)nc(N3CCCCC3)n2)c1. The molecule has 28 heavy (non-hydrogen) atoms. The summed E-state index contributed by atoms with van der Waals surface area (Å²) in [5, 5.41) is 6.92. The average molecular weight is 374 g/mol. The first-order valence-electron chi connectivity index (χ1n) is 9.98. The van der Waals surface area contributed by atoms with E-state index >= 15 is 0 Å². The average Bonchev–Trinajstić information content (AvgIpc) is 2.72. The lowest BCUT2D eigenvalue weighted by Crippen LogP contribution is -2.31. The standard InChI is InChI=1S/C23H27N5/c1-17-11-12-18(2)20(15-17)25-22-16-21(24-19-9-5-3-6-10-19)26-23(27-22)28-13-7-4-8-14-28/h3,5-6,9-12,15-16H,4,7-8,13-14H2,1-2H3,(H2,24,25,26,27). The molecule has 5 heteroatoms. The molecule has 0 aliphatic carbocycles. The zero-order chi connectivity index (χ0) is 19.3. The largest absolute Gasteiger partial charge is 0.341 e. The van der Waals surface area contributed by atoms with Gasteiger partial charge in [0.25, 0.3) is 0 Å². The number of hydrogen-bond donors (Lipinski definition) is 2. The smallest absolute Gasteiger partial charge is 0.229 e. The van der Waals surface area contributed by atoms with Gasteiger partial charge in [-0.1, -0.05) is 30.3 Å². The second kappa shape index (κ2) is 8.30. The molecule has 1 aliphatic rings. The summed E-state index contributed by atoms with van der Waals surface area (Å²) in [6.45, 7) is 6.24. The number of aryl methyl sites for hydroxylation is 2. The van der Waals surface area contributed by atoms with Gasteiger partial charge in [0, 0.05) is 30.5 Å². The van der Waals surface area contributed by atoms with Crippen molar-refractivity contribution in [3.63, 3.8) is 0 Å². The molecule has 1 aliphatic heterocycles. The summed E-state index contributed by atoms with van der Waals surface area (Å²) >= 11 is 0. The first-order chi connectivity index (χ1) is 13.7. The Labute approximate surface area is 166 Å². The van der Waals surface area contributed by atoms with Crippen molar-refractivity contribution in [3.05, 3.63) is 65.7 Å². The van der Waals surface area contributed by atoms with Crippen LogP contribution in [0.15, 0.2) is 54.6 Å². The Kier molecular flexibility index (Phi) is 5.42. The summed E-state index contributed by atoms with van der Waals surface area (Å²) in [7, 11) is 0. The Bertz CT molecular complexity index is 933. The van der Waals surface area contributed by atoms with Crippen LogP contribution in [0.2, 0.25) is 0 Å². The maximum atomic E-state index is 4.83. The van der Waals surface area contributed by atoms with E-state index < -0.39 is 0 Å². The number of para-hydroxylation sites is 1. The van der Waals surface area contributed by atoms with Crippen LogP contribution in [-0.4, -0.2) is 23.1 Å². The van der Waals surface area contributed by atoms with Crippen molar-refractivity contribution >= 4 is 29.0 Å². The molecule has 0 atom stereocenters. The van der Waals surface area contributed by atoms with Gasteiger partial charge in [0.2, 0.25) is 5.95 Å². The summed E-state index contributed by atoms with van der Waals surface area (Å²) in [6, 6.07) is 18.5. The molecular weight excluding hydrogens is 346 g/mol. The van der Waals surface area contributed by atoms with Gasteiger partial charge in [0.05, 0.1) is 0 Å². The number of nitrogens with zero attached hydrogens (tertiary/aromatic N) is 3. The predicted octanol–water partition coefficient (Wildman–Crippen LogP) is 5.57. The van der Waals surface area contributed by atoms with Crippen molar-refractivity contribution in [1.29, 1.82) is 0 Å². The molecule has 3 aromatic rings. The molecule has 2 N–H and O–H groups in total. The Morgan fingerprint density at radius 1 is 0.786 bits per heavy atom. The quantitative estimate of drug-likeness (QED) is 0.612. The lowest BCUT2D eigenvalue weighted by Gasteiger charge is -2.27. The molecule has 1 fully saturated rings. The van der Waals surface area contributed by atoms with Gasteiger partial charge in [-0.05, 0) is 62.4 Å². The highest BCUT2D eigenvalue weighted by Gasteiger charge is 2.16. The zero-order valence-corrected chi connectivity index (χ0v) is 16.6. The van der Waals surface area contributed by atoms with Crippen molar-refractivity contribution in [2.24, 2.45) is 0 Å². The number of piperidine rings is 1. The minimum Gasteiger partial charge on any atom is -0.341 e. The third-order valence-electron chi connectivity index (χ3n) is 5.06. The van der Waals surface area contributed by atoms with E-state index in [0.29, 0.717) is 0 Å². The summed E-state index contributed by atoms with van der Waals surface area (Å²) in [6.07, 6.45) is 3.67. The number of aromatic nitrogens is 2. The van der Waals surface area contributed by atoms with Crippen LogP contribution in [0.5, 0.6) is 0 Å². The van der Waals surface area contributed by atoms with E-state index in [-0.39, 0.29) is 0 Å². The van der Waals surface area contributed by atoms with E-state index in [0.717, 1.165) is 42.0 Å². The highest BCUT2D eigenvalue weighted by molar-refractivity contribution is 5.67. The van der Waals surface area contributed by atoms with E-state index in [1.165, 1.54) is 30.4 Å². The van der Waals surface area contributed by atoms with Gasteiger partial charge >= 0.3 is 0 Å². The first kappa shape index (κ1) is 18.3. The van der Waals surface area contributed by atoms with Crippen LogP contribution >= 0.6 is 0 Å². The van der Waals surface area contributed by atoms with Crippen molar-refractivity contribution in [1.82, 2.24) is 9.97 Å². The fourth-order valence-electron chi connectivity index (χ4n) is 3.48. The summed E-state index contributed by atoms with van der Waals surface area (Å²) in [5.41, 5.74) is 4.51. The third kappa shape index (κ3) is 4.42. The maximum absolute atomic E-state index is 4.83. The summed E-state index contributed by atoms with van der Waals surface area (Å²) in [5.74, 6) is 2.39. The van der Waals surface area contributed by atoms with Gasteiger partial charge in [-0.15, -0.1) is 0 Å². The Morgan fingerprint density at radius 2 is 1.50 bits per heavy atom. The molecule has 5 nitrogen and oxygen atoms in total. The Morgan fingerprint density at radius 3 is 2.25 bits per heavy atom. The number of anilines is 5. The second-order valence-electron chi connectivity index (χ2n) is 7.42. The fourth-order valence-corrected chi connectivity index (χ4v) is 3.48. The van der Waals surface area contributed by atoms with Crippen LogP contribution in [0.1, 0.15) is 30.4 Å². The minimum absolute atomic E-state index is 0.786. The molecule has 0 spiro atoms. The van der Waals surface area contributed by atoms with Crippen LogP contribution < -0.4 is 15.5 Å². The molecule has 0 radical (unpaired) electrons. The lowest BCUT2D eigenvalue weighted by molar-refractivity contribution is 0.568. The van der Waals surface area contributed by atoms with Crippen LogP contribution in [0, 0.1) is 13.8 Å². The monoisotopic (exact) mass is 373 g/mol. The summed E-state index contributed by atoms with van der Waals surface area (Å²) in [4.78, 5) is 11.9. The van der Waals surface area contributed by atoms with Crippen molar-refractivity contribution in [2.75, 3.05) is 28.6 Å². The van der Waals surface area contributed by atoms with Gasteiger partial charge in [-0.2, -0.15) is 9.97 Å². The molecule has 144 valence electrons. The van der Waals surface area contributed by atoms with Crippen LogP contribution in [0.3, 0.4) is 0 Å². The number of hydrogen-bond acceptors (Lipinski definition) is 5. The van der Waals surface area contributed by atoms with Crippen molar-refractivity contribution in [3.8, 4) is 0 Å². The van der Waals surface area contributed by atoms with Gasteiger partial charge < -0.3 is 15.5 Å². The van der Waals surface area contributed by atoms with Crippen LogP contribution in [0.25, 0.3) is 0 Å². The Balaban J connectivity index is 1.67. The van der Waals surface area contributed by atoms with E-state index in [1.54, 1.807) is 0 Å². The zero-order valence-electron chi connectivity index (χ0n) is 16.6. The molecule has 2 aromatic carbocycles.